The predicted octanol–water partition coefficient (Wildman–Crippen LogP) is 2.12. The zero-order valence-electron chi connectivity index (χ0n) is 13.9. The second kappa shape index (κ2) is 6.68. The van der Waals surface area contributed by atoms with Crippen LogP contribution in [0.5, 0.6) is 0 Å². The van der Waals surface area contributed by atoms with Crippen LogP contribution in [0.1, 0.15) is 19.8 Å². The summed E-state index contributed by atoms with van der Waals surface area (Å²) in [6, 6.07) is 7.83. The molecule has 0 saturated carbocycles. The highest BCUT2D eigenvalue weighted by molar-refractivity contribution is 5.96. The number of likely N-dealkylation sites (N-methyl/N-ethyl adjacent to an activating group) is 1. The molecule has 2 heterocycles. The first-order valence-electron chi connectivity index (χ1n) is 8.00. The zero-order valence-corrected chi connectivity index (χ0v) is 13.9. The number of nitrogens with zero attached hydrogens (tertiary/aromatic N) is 3. The number of aryl methyl sites for hydroxylation is 1. The summed E-state index contributed by atoms with van der Waals surface area (Å²) in [5.74, 6) is 0.505. The van der Waals surface area contributed by atoms with Gasteiger partial charge in [0.15, 0.2) is 0 Å². The standard InChI is InChI=1S/C17H23N3O3/c1-12(23-11-13-7-6-10-22-13)16(21)20(3)17-18-14-8-4-5-9-15(14)19(17)2/h4-5,8-9,12-13H,6-7,10-11H2,1-3H3. The Labute approximate surface area is 136 Å². The Hall–Kier alpha value is -1.92. The smallest absolute Gasteiger partial charge is 0.257 e. The number of aromatic nitrogens is 2. The Kier molecular flexibility index (Phi) is 4.63. The minimum absolute atomic E-state index is 0.110. The van der Waals surface area contributed by atoms with Crippen LogP contribution in [-0.4, -0.2) is 47.9 Å². The Balaban J connectivity index is 1.68. The Bertz CT molecular complexity index is 691. The summed E-state index contributed by atoms with van der Waals surface area (Å²) in [6.07, 6.45) is 1.66. The van der Waals surface area contributed by atoms with Crippen molar-refractivity contribution in [3.63, 3.8) is 0 Å². The lowest BCUT2D eigenvalue weighted by molar-refractivity contribution is -0.130. The van der Waals surface area contributed by atoms with Crippen LogP contribution in [-0.2, 0) is 21.3 Å². The number of ether oxygens (including phenoxy) is 2. The van der Waals surface area contributed by atoms with Crippen LogP contribution >= 0.6 is 0 Å². The molecular formula is C17H23N3O3. The van der Waals surface area contributed by atoms with Gasteiger partial charge in [-0.2, -0.15) is 0 Å². The predicted molar refractivity (Wildman–Crippen MR) is 88.5 cm³/mol. The van der Waals surface area contributed by atoms with Gasteiger partial charge in [0, 0.05) is 20.7 Å². The van der Waals surface area contributed by atoms with Gasteiger partial charge in [-0.1, -0.05) is 12.1 Å². The maximum absolute atomic E-state index is 12.6. The monoisotopic (exact) mass is 317 g/mol. The first kappa shape index (κ1) is 16.0. The molecule has 0 radical (unpaired) electrons. The topological polar surface area (TPSA) is 56.6 Å². The molecular weight excluding hydrogens is 294 g/mol. The molecule has 0 spiro atoms. The molecule has 0 aliphatic carbocycles. The summed E-state index contributed by atoms with van der Waals surface area (Å²) in [6.45, 7) is 3.02. The van der Waals surface area contributed by atoms with E-state index in [1.165, 1.54) is 0 Å². The van der Waals surface area contributed by atoms with Crippen molar-refractivity contribution in [1.29, 1.82) is 0 Å². The van der Waals surface area contributed by atoms with E-state index in [9.17, 15) is 4.79 Å². The van der Waals surface area contributed by atoms with Gasteiger partial charge in [-0.25, -0.2) is 4.98 Å². The van der Waals surface area contributed by atoms with Gasteiger partial charge in [0.25, 0.3) is 5.91 Å². The highest BCUT2D eigenvalue weighted by atomic mass is 16.5. The average molecular weight is 317 g/mol. The van der Waals surface area contributed by atoms with Gasteiger partial charge in [0.05, 0.1) is 23.7 Å². The van der Waals surface area contributed by atoms with E-state index in [1.807, 2.05) is 35.9 Å². The highest BCUT2D eigenvalue weighted by Gasteiger charge is 2.25. The van der Waals surface area contributed by atoms with E-state index in [-0.39, 0.29) is 12.0 Å². The third kappa shape index (κ3) is 3.23. The van der Waals surface area contributed by atoms with E-state index >= 15 is 0 Å². The van der Waals surface area contributed by atoms with Gasteiger partial charge < -0.3 is 14.0 Å². The number of imidazole rings is 1. The van der Waals surface area contributed by atoms with E-state index in [2.05, 4.69) is 4.98 Å². The molecule has 2 aromatic rings. The van der Waals surface area contributed by atoms with Crippen molar-refractivity contribution in [2.24, 2.45) is 7.05 Å². The molecule has 0 N–H and O–H groups in total. The van der Waals surface area contributed by atoms with Gasteiger partial charge in [-0.15, -0.1) is 0 Å². The fourth-order valence-electron chi connectivity index (χ4n) is 2.90. The number of carbonyl (C=O) groups excluding carboxylic acids is 1. The van der Waals surface area contributed by atoms with Crippen molar-refractivity contribution in [2.75, 3.05) is 25.2 Å². The molecule has 1 saturated heterocycles. The van der Waals surface area contributed by atoms with Crippen molar-refractivity contribution in [3.8, 4) is 0 Å². The zero-order chi connectivity index (χ0) is 16.4. The summed E-state index contributed by atoms with van der Waals surface area (Å²) in [4.78, 5) is 18.7. The average Bonchev–Trinajstić information content (AvgIpc) is 3.20. The van der Waals surface area contributed by atoms with Crippen LogP contribution in [0.4, 0.5) is 5.95 Å². The van der Waals surface area contributed by atoms with E-state index < -0.39 is 6.10 Å². The number of rotatable bonds is 5. The Morgan fingerprint density at radius 1 is 1.52 bits per heavy atom. The molecule has 2 atom stereocenters. The van der Waals surface area contributed by atoms with E-state index in [0.29, 0.717) is 12.6 Å². The van der Waals surface area contributed by atoms with Gasteiger partial charge in [-0.05, 0) is 31.9 Å². The number of fused-ring (bicyclic) bond motifs is 1. The highest BCUT2D eigenvalue weighted by Crippen LogP contribution is 2.21. The fourth-order valence-corrected chi connectivity index (χ4v) is 2.90. The van der Waals surface area contributed by atoms with Crippen LogP contribution in [0, 0.1) is 0 Å². The normalized spacial score (nSPS) is 19.2. The van der Waals surface area contributed by atoms with E-state index in [0.717, 1.165) is 30.5 Å². The van der Waals surface area contributed by atoms with E-state index in [4.69, 9.17) is 9.47 Å². The maximum Gasteiger partial charge on any atom is 0.257 e. The maximum atomic E-state index is 12.6. The lowest BCUT2D eigenvalue weighted by Crippen LogP contribution is -2.38. The molecule has 1 fully saturated rings. The summed E-state index contributed by atoms with van der Waals surface area (Å²) < 4.78 is 13.1. The number of hydrogen-bond acceptors (Lipinski definition) is 4. The van der Waals surface area contributed by atoms with Crippen molar-refractivity contribution in [3.05, 3.63) is 24.3 Å². The summed E-state index contributed by atoms with van der Waals surface area (Å²) in [5, 5.41) is 0. The van der Waals surface area contributed by atoms with Crippen LogP contribution < -0.4 is 4.90 Å². The van der Waals surface area contributed by atoms with Crippen LogP contribution in [0.2, 0.25) is 0 Å². The molecule has 1 aromatic carbocycles. The number of carbonyl (C=O) groups is 1. The van der Waals surface area contributed by atoms with Crippen LogP contribution in [0.25, 0.3) is 11.0 Å². The first-order chi connectivity index (χ1) is 11.1. The molecule has 3 rings (SSSR count). The molecule has 1 amide bonds. The van der Waals surface area contributed by atoms with Crippen LogP contribution in [0.15, 0.2) is 24.3 Å². The minimum Gasteiger partial charge on any atom is -0.376 e. The van der Waals surface area contributed by atoms with E-state index in [1.54, 1.807) is 18.9 Å². The van der Waals surface area contributed by atoms with Crippen LogP contribution in [0.3, 0.4) is 0 Å². The minimum atomic E-state index is -0.524. The third-order valence-electron chi connectivity index (χ3n) is 4.30. The largest absolute Gasteiger partial charge is 0.376 e. The van der Waals surface area contributed by atoms with Gasteiger partial charge in [-0.3, -0.25) is 9.69 Å². The molecule has 1 aromatic heterocycles. The number of benzene rings is 1. The molecule has 6 heteroatoms. The fraction of sp³-hybridized carbons (Fsp3) is 0.529. The van der Waals surface area contributed by atoms with Crippen molar-refractivity contribution in [1.82, 2.24) is 9.55 Å². The SMILES string of the molecule is CC(OCC1CCCO1)C(=O)N(C)c1nc2ccccc2n1C. The number of amides is 1. The van der Waals surface area contributed by atoms with Crippen molar-refractivity contribution in [2.45, 2.75) is 32.0 Å². The molecule has 1 aliphatic rings. The number of anilines is 1. The molecule has 0 bridgehead atoms. The molecule has 2 unspecified atom stereocenters. The lowest BCUT2D eigenvalue weighted by atomic mass is 10.2. The van der Waals surface area contributed by atoms with Crippen molar-refractivity contribution < 1.29 is 14.3 Å². The Morgan fingerprint density at radius 2 is 2.30 bits per heavy atom. The molecule has 6 nitrogen and oxygen atoms in total. The Morgan fingerprint density at radius 3 is 3.00 bits per heavy atom. The molecule has 23 heavy (non-hydrogen) atoms. The summed E-state index contributed by atoms with van der Waals surface area (Å²) in [7, 11) is 3.64. The lowest BCUT2D eigenvalue weighted by Gasteiger charge is -2.22. The number of hydrogen-bond donors (Lipinski definition) is 0. The summed E-state index contributed by atoms with van der Waals surface area (Å²) >= 11 is 0. The third-order valence-corrected chi connectivity index (χ3v) is 4.30. The summed E-state index contributed by atoms with van der Waals surface area (Å²) in [5.41, 5.74) is 1.87. The van der Waals surface area contributed by atoms with Gasteiger partial charge in [0.1, 0.15) is 6.10 Å². The molecule has 1 aliphatic heterocycles. The quantitative estimate of drug-likeness (QED) is 0.847. The molecule has 124 valence electrons. The number of para-hydroxylation sites is 2. The first-order valence-corrected chi connectivity index (χ1v) is 8.00. The second-order valence-electron chi connectivity index (χ2n) is 5.97. The second-order valence-corrected chi connectivity index (χ2v) is 5.97. The van der Waals surface area contributed by atoms with Gasteiger partial charge in [0.2, 0.25) is 5.95 Å². The van der Waals surface area contributed by atoms with Crippen molar-refractivity contribution >= 4 is 22.9 Å². The van der Waals surface area contributed by atoms with Gasteiger partial charge >= 0.3 is 0 Å².